The number of esters is 1. The minimum absolute atomic E-state index is 0.0381. The summed E-state index contributed by atoms with van der Waals surface area (Å²) in [7, 11) is 2.91. The second-order valence-electron chi connectivity index (χ2n) is 6.65. The van der Waals surface area contributed by atoms with Gasteiger partial charge in [-0.1, -0.05) is 41.4 Å². The molecule has 31 heavy (non-hydrogen) atoms. The molecule has 0 atom stereocenters. The van der Waals surface area contributed by atoms with Gasteiger partial charge in [-0.3, -0.25) is 4.79 Å². The van der Waals surface area contributed by atoms with E-state index in [2.05, 4.69) is 0 Å². The summed E-state index contributed by atoms with van der Waals surface area (Å²) in [5, 5.41) is 0.379. The van der Waals surface area contributed by atoms with Crippen LogP contribution in [-0.2, 0) is 24.3 Å². The van der Waals surface area contributed by atoms with Crippen LogP contribution in [0.5, 0.6) is 11.5 Å². The van der Waals surface area contributed by atoms with Crippen molar-refractivity contribution in [2.24, 2.45) is 0 Å². The number of methoxy groups -OCH3 is 2. The number of halogens is 2. The van der Waals surface area contributed by atoms with Crippen molar-refractivity contribution in [1.82, 2.24) is 4.57 Å². The number of hydrogen-bond acceptors (Lipinski definition) is 5. The van der Waals surface area contributed by atoms with Crippen LogP contribution in [0.1, 0.15) is 21.6 Å². The summed E-state index contributed by atoms with van der Waals surface area (Å²) in [5.74, 6) is 0.844. The SMILES string of the molecule is COC(=O)c1ccc(CCn2c(COc3cccc(OC)c3)c(Cl)cc(Cl)c2=O)cc1. The van der Waals surface area contributed by atoms with Gasteiger partial charge in [0.2, 0.25) is 0 Å². The third-order valence-corrected chi connectivity index (χ3v) is 5.32. The van der Waals surface area contributed by atoms with Crippen molar-refractivity contribution in [2.45, 2.75) is 19.6 Å². The molecule has 0 spiro atoms. The third-order valence-electron chi connectivity index (χ3n) is 4.72. The summed E-state index contributed by atoms with van der Waals surface area (Å²) in [6, 6.07) is 15.6. The largest absolute Gasteiger partial charge is 0.497 e. The topological polar surface area (TPSA) is 66.8 Å². The van der Waals surface area contributed by atoms with Crippen LogP contribution in [0.25, 0.3) is 0 Å². The maximum absolute atomic E-state index is 12.7. The number of hydrogen-bond donors (Lipinski definition) is 0. The van der Waals surface area contributed by atoms with Crippen molar-refractivity contribution >= 4 is 29.2 Å². The summed E-state index contributed by atoms with van der Waals surface area (Å²) in [5.41, 5.74) is 1.57. The minimum Gasteiger partial charge on any atom is -0.497 e. The van der Waals surface area contributed by atoms with Gasteiger partial charge in [-0.2, -0.15) is 0 Å². The summed E-state index contributed by atoms with van der Waals surface area (Å²) >= 11 is 12.5. The van der Waals surface area contributed by atoms with E-state index in [1.54, 1.807) is 31.4 Å². The Morgan fingerprint density at radius 3 is 2.35 bits per heavy atom. The lowest BCUT2D eigenvalue weighted by Gasteiger charge is -2.16. The third kappa shape index (κ3) is 5.60. The molecule has 3 aromatic rings. The predicted molar refractivity (Wildman–Crippen MR) is 120 cm³/mol. The van der Waals surface area contributed by atoms with Crippen molar-refractivity contribution in [3.63, 3.8) is 0 Å². The first-order valence-corrected chi connectivity index (χ1v) is 10.2. The highest BCUT2D eigenvalue weighted by atomic mass is 35.5. The van der Waals surface area contributed by atoms with Crippen LogP contribution in [-0.4, -0.2) is 24.8 Å². The minimum atomic E-state index is -0.402. The van der Waals surface area contributed by atoms with Gasteiger partial charge in [0.15, 0.2) is 0 Å². The fourth-order valence-corrected chi connectivity index (χ4v) is 3.56. The number of benzene rings is 2. The van der Waals surface area contributed by atoms with E-state index in [0.717, 1.165) is 5.56 Å². The van der Waals surface area contributed by atoms with Crippen LogP contribution in [0.2, 0.25) is 10.0 Å². The molecule has 0 amide bonds. The molecule has 0 fully saturated rings. The Hall–Kier alpha value is -2.96. The summed E-state index contributed by atoms with van der Waals surface area (Å²) in [6.45, 7) is 0.424. The van der Waals surface area contributed by atoms with E-state index in [4.69, 9.17) is 37.4 Å². The van der Waals surface area contributed by atoms with E-state index in [-0.39, 0.29) is 17.2 Å². The highest BCUT2D eigenvalue weighted by molar-refractivity contribution is 6.34. The standard InChI is InChI=1S/C23H21Cl2NO5/c1-29-17-4-3-5-18(12-17)31-14-21-19(24)13-20(25)22(27)26(21)11-10-15-6-8-16(9-7-15)23(28)30-2/h3-9,12-13H,10-11,14H2,1-2H3. The molecular weight excluding hydrogens is 441 g/mol. The van der Waals surface area contributed by atoms with E-state index in [0.29, 0.717) is 40.7 Å². The Balaban J connectivity index is 1.80. The zero-order valence-corrected chi connectivity index (χ0v) is 18.6. The molecule has 0 saturated heterocycles. The molecule has 6 nitrogen and oxygen atoms in total. The molecule has 0 radical (unpaired) electrons. The van der Waals surface area contributed by atoms with Crippen molar-refractivity contribution in [1.29, 1.82) is 0 Å². The Labute approximate surface area is 189 Å². The molecule has 8 heteroatoms. The van der Waals surface area contributed by atoms with Gasteiger partial charge < -0.3 is 18.8 Å². The van der Waals surface area contributed by atoms with Crippen LogP contribution in [0.4, 0.5) is 0 Å². The highest BCUT2D eigenvalue weighted by Crippen LogP contribution is 2.23. The fourth-order valence-electron chi connectivity index (χ4n) is 3.03. The Morgan fingerprint density at radius 2 is 1.68 bits per heavy atom. The number of pyridine rings is 1. The second-order valence-corrected chi connectivity index (χ2v) is 7.46. The second kappa shape index (κ2) is 10.4. The lowest BCUT2D eigenvalue weighted by Crippen LogP contribution is -2.26. The quantitative estimate of drug-likeness (QED) is 0.451. The number of ether oxygens (including phenoxy) is 3. The number of aromatic nitrogens is 1. The summed E-state index contributed by atoms with van der Waals surface area (Å²) < 4.78 is 17.3. The average Bonchev–Trinajstić information content (AvgIpc) is 2.79. The molecule has 3 rings (SSSR count). The van der Waals surface area contributed by atoms with E-state index < -0.39 is 5.97 Å². The molecule has 1 aromatic heterocycles. The number of aryl methyl sites for hydroxylation is 1. The van der Waals surface area contributed by atoms with E-state index in [1.165, 1.54) is 17.7 Å². The van der Waals surface area contributed by atoms with Gasteiger partial charge in [0.25, 0.3) is 5.56 Å². The Morgan fingerprint density at radius 1 is 0.968 bits per heavy atom. The van der Waals surface area contributed by atoms with E-state index in [9.17, 15) is 9.59 Å². The molecule has 0 saturated carbocycles. The lowest BCUT2D eigenvalue weighted by atomic mass is 10.1. The summed E-state index contributed by atoms with van der Waals surface area (Å²) in [6.07, 6.45) is 0.532. The molecular formula is C23H21Cl2NO5. The average molecular weight is 462 g/mol. The van der Waals surface area contributed by atoms with Crippen molar-refractivity contribution in [3.8, 4) is 11.5 Å². The zero-order chi connectivity index (χ0) is 22.4. The first-order valence-electron chi connectivity index (χ1n) is 9.44. The van der Waals surface area contributed by atoms with Crippen molar-refractivity contribution < 1.29 is 19.0 Å². The molecule has 0 aliphatic heterocycles. The molecule has 0 unspecified atom stereocenters. The van der Waals surface area contributed by atoms with E-state index in [1.807, 2.05) is 24.3 Å². The van der Waals surface area contributed by atoms with Crippen LogP contribution in [0.3, 0.4) is 0 Å². The first-order chi connectivity index (χ1) is 14.9. The molecule has 0 aliphatic rings. The number of carbonyl (C=O) groups is 1. The van der Waals surface area contributed by atoms with E-state index >= 15 is 0 Å². The maximum atomic E-state index is 12.7. The number of carbonyl (C=O) groups excluding carboxylic acids is 1. The maximum Gasteiger partial charge on any atom is 0.337 e. The van der Waals surface area contributed by atoms with Crippen molar-refractivity contribution in [2.75, 3.05) is 14.2 Å². The molecule has 1 heterocycles. The normalized spacial score (nSPS) is 10.6. The van der Waals surface area contributed by atoms with Gasteiger partial charge in [0, 0.05) is 12.6 Å². The first kappa shape index (κ1) is 22.7. The molecule has 162 valence electrons. The molecule has 0 bridgehead atoms. The van der Waals surface area contributed by atoms with Gasteiger partial charge >= 0.3 is 5.97 Å². The van der Waals surface area contributed by atoms with Gasteiger partial charge in [-0.05, 0) is 42.3 Å². The van der Waals surface area contributed by atoms with Crippen LogP contribution >= 0.6 is 23.2 Å². The monoisotopic (exact) mass is 461 g/mol. The van der Waals surface area contributed by atoms with Gasteiger partial charge in [-0.15, -0.1) is 0 Å². The van der Waals surface area contributed by atoms with Crippen LogP contribution < -0.4 is 15.0 Å². The lowest BCUT2D eigenvalue weighted by molar-refractivity contribution is 0.0600. The molecule has 2 aromatic carbocycles. The van der Waals surface area contributed by atoms with Gasteiger partial charge in [0.1, 0.15) is 23.1 Å². The zero-order valence-electron chi connectivity index (χ0n) is 17.1. The summed E-state index contributed by atoms with van der Waals surface area (Å²) in [4.78, 5) is 24.3. The Bertz CT molecular complexity index is 1130. The number of nitrogens with zero attached hydrogens (tertiary/aromatic N) is 1. The molecule has 0 aliphatic carbocycles. The van der Waals surface area contributed by atoms with Gasteiger partial charge in [0.05, 0.1) is 30.5 Å². The van der Waals surface area contributed by atoms with Crippen LogP contribution in [0.15, 0.2) is 59.4 Å². The van der Waals surface area contributed by atoms with Crippen LogP contribution in [0, 0.1) is 0 Å². The van der Waals surface area contributed by atoms with Gasteiger partial charge in [-0.25, -0.2) is 4.79 Å². The molecule has 0 N–H and O–H groups in total. The fraction of sp³-hybridized carbons (Fsp3) is 0.217. The number of rotatable bonds is 8. The smallest absolute Gasteiger partial charge is 0.337 e. The Kier molecular flexibility index (Phi) is 7.60. The van der Waals surface area contributed by atoms with Crippen molar-refractivity contribution in [3.05, 3.63) is 91.8 Å². The predicted octanol–water partition coefficient (Wildman–Crippen LogP) is 4.77. The highest BCUT2D eigenvalue weighted by Gasteiger charge is 2.14.